The summed E-state index contributed by atoms with van der Waals surface area (Å²) in [5.74, 6) is 0.645. The first-order valence-corrected chi connectivity index (χ1v) is 7.10. The Morgan fingerprint density at radius 3 is 2.52 bits per heavy atom. The zero-order valence-corrected chi connectivity index (χ0v) is 13.2. The molecule has 0 fully saturated rings. The van der Waals surface area contributed by atoms with Gasteiger partial charge >= 0.3 is 0 Å². The number of carbonyl (C=O) groups excluding carboxylic acids is 1. The molecule has 1 aromatic rings. The van der Waals surface area contributed by atoms with Crippen molar-refractivity contribution in [3.05, 3.63) is 29.3 Å². The van der Waals surface area contributed by atoms with E-state index >= 15 is 0 Å². The highest BCUT2D eigenvalue weighted by Gasteiger charge is 2.12. The molecule has 0 aliphatic carbocycles. The number of amides is 1. The van der Waals surface area contributed by atoms with Crippen LogP contribution < -0.4 is 10.1 Å². The van der Waals surface area contributed by atoms with Gasteiger partial charge in [-0.15, -0.1) is 0 Å². The average molecular weight is 295 g/mol. The molecule has 21 heavy (non-hydrogen) atoms. The second-order valence-corrected chi connectivity index (χ2v) is 5.24. The minimum atomic E-state index is -0.745. The maximum absolute atomic E-state index is 11.6. The molecule has 0 heterocycles. The van der Waals surface area contributed by atoms with Gasteiger partial charge in [0.1, 0.15) is 18.5 Å². The number of aryl methyl sites for hydroxylation is 2. The molecule has 0 bridgehead atoms. The molecule has 0 radical (unpaired) electrons. The normalized spacial score (nSPS) is 13.6. The third-order valence-corrected chi connectivity index (χ3v) is 3.24. The van der Waals surface area contributed by atoms with Crippen molar-refractivity contribution in [3.8, 4) is 5.75 Å². The van der Waals surface area contributed by atoms with E-state index in [2.05, 4.69) is 5.32 Å². The number of hydrogen-bond acceptors (Lipinski definition) is 4. The zero-order valence-electron chi connectivity index (χ0n) is 13.2. The Labute approximate surface area is 126 Å². The molecule has 2 unspecified atom stereocenters. The fraction of sp³-hybridized carbons (Fsp3) is 0.562. The van der Waals surface area contributed by atoms with E-state index in [1.807, 2.05) is 39.0 Å². The summed E-state index contributed by atoms with van der Waals surface area (Å²) in [5.41, 5.74) is 2.06. The van der Waals surface area contributed by atoms with Crippen molar-refractivity contribution in [2.75, 3.05) is 20.3 Å². The number of para-hydroxylation sites is 1. The molecule has 118 valence electrons. The van der Waals surface area contributed by atoms with E-state index in [9.17, 15) is 9.90 Å². The monoisotopic (exact) mass is 295 g/mol. The van der Waals surface area contributed by atoms with E-state index < -0.39 is 6.10 Å². The molecular weight excluding hydrogens is 270 g/mol. The van der Waals surface area contributed by atoms with Crippen molar-refractivity contribution < 1.29 is 19.4 Å². The van der Waals surface area contributed by atoms with Gasteiger partial charge in [0.15, 0.2) is 0 Å². The van der Waals surface area contributed by atoms with Gasteiger partial charge in [-0.3, -0.25) is 4.79 Å². The van der Waals surface area contributed by atoms with Gasteiger partial charge in [-0.25, -0.2) is 0 Å². The van der Waals surface area contributed by atoms with Crippen molar-refractivity contribution in [3.63, 3.8) is 0 Å². The number of aliphatic hydroxyl groups is 1. The lowest BCUT2D eigenvalue weighted by molar-refractivity contribution is -0.123. The molecule has 0 aromatic heterocycles. The third-order valence-electron chi connectivity index (χ3n) is 3.24. The van der Waals surface area contributed by atoms with Crippen LogP contribution in [0, 0.1) is 13.8 Å². The molecule has 2 atom stereocenters. The quantitative estimate of drug-likeness (QED) is 0.764. The summed E-state index contributed by atoms with van der Waals surface area (Å²) in [6, 6.07) is 5.89. The van der Waals surface area contributed by atoms with Crippen LogP contribution in [0.3, 0.4) is 0 Å². The summed E-state index contributed by atoms with van der Waals surface area (Å²) in [6.45, 7) is 6.05. The van der Waals surface area contributed by atoms with Crippen LogP contribution in [0.1, 0.15) is 24.5 Å². The number of benzene rings is 1. The van der Waals surface area contributed by atoms with Crippen LogP contribution in [0.25, 0.3) is 0 Å². The molecular formula is C16H25NO4. The van der Waals surface area contributed by atoms with Gasteiger partial charge in [-0.1, -0.05) is 18.2 Å². The van der Waals surface area contributed by atoms with E-state index in [0.29, 0.717) is 0 Å². The number of methoxy groups -OCH3 is 1. The van der Waals surface area contributed by atoms with Gasteiger partial charge in [0.2, 0.25) is 5.91 Å². The Morgan fingerprint density at radius 2 is 1.95 bits per heavy atom. The maximum Gasteiger partial charge on any atom is 0.222 e. The van der Waals surface area contributed by atoms with E-state index in [0.717, 1.165) is 16.9 Å². The second kappa shape index (κ2) is 8.64. The first kappa shape index (κ1) is 17.5. The minimum absolute atomic E-state index is 0.131. The summed E-state index contributed by atoms with van der Waals surface area (Å²) in [5, 5.41) is 12.5. The predicted molar refractivity (Wildman–Crippen MR) is 81.5 cm³/mol. The number of hydrogen-bond donors (Lipinski definition) is 2. The van der Waals surface area contributed by atoms with E-state index in [1.165, 1.54) is 0 Å². The van der Waals surface area contributed by atoms with Crippen molar-refractivity contribution >= 4 is 5.91 Å². The summed E-state index contributed by atoms with van der Waals surface area (Å²) >= 11 is 0. The van der Waals surface area contributed by atoms with Crippen LogP contribution in [0.2, 0.25) is 0 Å². The van der Waals surface area contributed by atoms with Crippen molar-refractivity contribution in [1.82, 2.24) is 5.32 Å². The number of carbonyl (C=O) groups is 1. The minimum Gasteiger partial charge on any atom is -0.490 e. The van der Waals surface area contributed by atoms with Gasteiger partial charge < -0.3 is 19.9 Å². The molecule has 1 rings (SSSR count). The SMILES string of the molecule is COC(C)CC(=O)NCC(O)COc1c(C)cccc1C. The lowest BCUT2D eigenvalue weighted by Crippen LogP contribution is -2.36. The number of aliphatic hydroxyl groups excluding tert-OH is 1. The van der Waals surface area contributed by atoms with Crippen molar-refractivity contribution in [2.24, 2.45) is 0 Å². The van der Waals surface area contributed by atoms with Crippen LogP contribution in [0.5, 0.6) is 5.75 Å². The third kappa shape index (κ3) is 6.14. The summed E-state index contributed by atoms with van der Waals surface area (Å²) in [4.78, 5) is 11.6. The Bertz CT molecular complexity index is 441. The largest absolute Gasteiger partial charge is 0.490 e. The van der Waals surface area contributed by atoms with Crippen LogP contribution in [-0.4, -0.2) is 43.5 Å². The first-order valence-electron chi connectivity index (χ1n) is 7.10. The Kier molecular flexibility index (Phi) is 7.19. The van der Waals surface area contributed by atoms with Gasteiger partial charge in [-0.2, -0.15) is 0 Å². The highest BCUT2D eigenvalue weighted by atomic mass is 16.5. The van der Waals surface area contributed by atoms with E-state index in [1.54, 1.807) is 7.11 Å². The van der Waals surface area contributed by atoms with Crippen LogP contribution in [0.4, 0.5) is 0 Å². The Hall–Kier alpha value is -1.59. The van der Waals surface area contributed by atoms with Crippen LogP contribution in [-0.2, 0) is 9.53 Å². The standard InChI is InChI=1S/C16H25NO4/c1-11-6-5-7-12(2)16(11)21-10-14(18)9-17-15(19)8-13(3)20-4/h5-7,13-14,18H,8-10H2,1-4H3,(H,17,19). The predicted octanol–water partition coefficient (Wildman–Crippen LogP) is 1.58. The van der Waals surface area contributed by atoms with E-state index in [4.69, 9.17) is 9.47 Å². The highest BCUT2D eigenvalue weighted by Crippen LogP contribution is 2.22. The Morgan fingerprint density at radius 1 is 1.33 bits per heavy atom. The number of nitrogens with one attached hydrogen (secondary N) is 1. The highest BCUT2D eigenvalue weighted by molar-refractivity contribution is 5.76. The fourth-order valence-electron chi connectivity index (χ4n) is 1.91. The van der Waals surface area contributed by atoms with Gasteiger partial charge in [0.25, 0.3) is 0 Å². The average Bonchev–Trinajstić information content (AvgIpc) is 2.44. The summed E-state index contributed by atoms with van der Waals surface area (Å²) in [7, 11) is 1.56. The van der Waals surface area contributed by atoms with Crippen molar-refractivity contribution in [2.45, 2.75) is 39.4 Å². The molecule has 0 saturated heterocycles. The molecule has 1 aromatic carbocycles. The number of rotatable bonds is 8. The first-order chi connectivity index (χ1) is 9.93. The second-order valence-electron chi connectivity index (χ2n) is 5.24. The molecule has 0 aliphatic heterocycles. The van der Waals surface area contributed by atoms with E-state index in [-0.39, 0.29) is 31.6 Å². The molecule has 0 aliphatic rings. The maximum atomic E-state index is 11.6. The van der Waals surface area contributed by atoms with Gasteiger partial charge in [0, 0.05) is 13.7 Å². The summed E-state index contributed by atoms with van der Waals surface area (Å²) in [6.07, 6.45) is -0.597. The lowest BCUT2D eigenvalue weighted by atomic mass is 10.1. The van der Waals surface area contributed by atoms with Crippen LogP contribution >= 0.6 is 0 Å². The topological polar surface area (TPSA) is 67.8 Å². The van der Waals surface area contributed by atoms with Gasteiger partial charge in [-0.05, 0) is 31.9 Å². The smallest absolute Gasteiger partial charge is 0.222 e. The van der Waals surface area contributed by atoms with Crippen LogP contribution in [0.15, 0.2) is 18.2 Å². The zero-order chi connectivity index (χ0) is 15.8. The molecule has 0 saturated carbocycles. The Balaban J connectivity index is 2.34. The molecule has 2 N–H and O–H groups in total. The number of ether oxygens (including phenoxy) is 2. The van der Waals surface area contributed by atoms with Crippen molar-refractivity contribution in [1.29, 1.82) is 0 Å². The molecule has 1 amide bonds. The summed E-state index contributed by atoms with van der Waals surface area (Å²) < 4.78 is 10.6. The fourth-order valence-corrected chi connectivity index (χ4v) is 1.91. The molecule has 0 spiro atoms. The van der Waals surface area contributed by atoms with Gasteiger partial charge in [0.05, 0.1) is 12.5 Å². The molecule has 5 nitrogen and oxygen atoms in total. The lowest BCUT2D eigenvalue weighted by Gasteiger charge is -2.16. The molecule has 5 heteroatoms.